The van der Waals surface area contributed by atoms with Gasteiger partial charge in [0, 0.05) is 16.8 Å². The summed E-state index contributed by atoms with van der Waals surface area (Å²) in [5, 5.41) is 2.97. The Kier molecular flexibility index (Phi) is 9.48. The zero-order valence-electron chi connectivity index (χ0n) is 23.2. The third-order valence-corrected chi connectivity index (χ3v) is 9.87. The first-order valence-electron chi connectivity index (χ1n) is 12.5. The maximum Gasteiger partial charge on any atom is 0.264 e. The van der Waals surface area contributed by atoms with Gasteiger partial charge >= 0.3 is 0 Å². The first-order valence-corrected chi connectivity index (χ1v) is 15.8. The minimum Gasteiger partial charge on any atom is -0.493 e. The van der Waals surface area contributed by atoms with Crippen LogP contribution in [-0.4, -0.2) is 43.5 Å². The molecule has 226 valence electrons. The van der Waals surface area contributed by atoms with Crippen LogP contribution in [0.1, 0.15) is 5.56 Å². The molecule has 4 aromatic carbocycles. The maximum absolute atomic E-state index is 13.7. The van der Waals surface area contributed by atoms with E-state index in [1.807, 2.05) is 0 Å². The molecule has 0 aliphatic heterocycles. The second-order valence-corrected chi connectivity index (χ2v) is 13.0. The first-order chi connectivity index (χ1) is 20.3. The molecule has 0 saturated carbocycles. The number of carbonyl (C=O) groups is 1. The average Bonchev–Trinajstić information content (AvgIpc) is 2.98. The van der Waals surface area contributed by atoms with Crippen LogP contribution in [0.5, 0.6) is 11.5 Å². The van der Waals surface area contributed by atoms with Gasteiger partial charge in [-0.2, -0.15) is 0 Å². The lowest BCUT2D eigenvalue weighted by molar-refractivity contribution is -0.114. The summed E-state index contributed by atoms with van der Waals surface area (Å²) in [4.78, 5) is 12.8. The summed E-state index contributed by atoms with van der Waals surface area (Å²) >= 11 is 6.09. The molecule has 0 radical (unpaired) electrons. The van der Waals surface area contributed by atoms with E-state index >= 15 is 0 Å². The van der Waals surface area contributed by atoms with Crippen LogP contribution in [0.3, 0.4) is 0 Å². The number of anilines is 3. The van der Waals surface area contributed by atoms with Crippen LogP contribution in [0.2, 0.25) is 5.02 Å². The number of benzene rings is 4. The summed E-state index contributed by atoms with van der Waals surface area (Å²) < 4.78 is 80.5. The summed E-state index contributed by atoms with van der Waals surface area (Å²) in [6.07, 6.45) is 0. The number of rotatable bonds is 11. The molecule has 0 bridgehead atoms. The van der Waals surface area contributed by atoms with Crippen molar-refractivity contribution in [3.05, 3.63) is 101 Å². The minimum atomic E-state index is -4.36. The molecule has 14 heteroatoms. The van der Waals surface area contributed by atoms with Gasteiger partial charge in [0.15, 0.2) is 11.5 Å². The van der Waals surface area contributed by atoms with Crippen molar-refractivity contribution in [3.8, 4) is 11.5 Å². The third-order valence-electron chi connectivity index (χ3n) is 6.31. The molecule has 0 saturated heterocycles. The minimum absolute atomic E-state index is 0.0372. The van der Waals surface area contributed by atoms with E-state index in [2.05, 4.69) is 10.0 Å². The van der Waals surface area contributed by atoms with Crippen molar-refractivity contribution in [2.45, 2.75) is 16.7 Å². The Morgan fingerprint density at radius 2 is 1.49 bits per heavy atom. The molecular formula is C29H27ClFN3O7S2. The molecule has 4 rings (SSSR count). The van der Waals surface area contributed by atoms with Gasteiger partial charge in [-0.1, -0.05) is 17.7 Å². The van der Waals surface area contributed by atoms with Crippen LogP contribution in [0, 0.1) is 12.7 Å². The van der Waals surface area contributed by atoms with Gasteiger partial charge in [-0.3, -0.25) is 13.8 Å². The van der Waals surface area contributed by atoms with Crippen molar-refractivity contribution >= 4 is 54.6 Å². The van der Waals surface area contributed by atoms with Gasteiger partial charge in [-0.05, 0) is 85.3 Å². The number of nitrogens with zero attached hydrogens (tertiary/aromatic N) is 1. The largest absolute Gasteiger partial charge is 0.493 e. The van der Waals surface area contributed by atoms with Gasteiger partial charge in [0.1, 0.15) is 12.4 Å². The first kappa shape index (κ1) is 31.6. The Bertz CT molecular complexity index is 1850. The van der Waals surface area contributed by atoms with Crippen molar-refractivity contribution in [3.63, 3.8) is 0 Å². The van der Waals surface area contributed by atoms with Gasteiger partial charge in [0.25, 0.3) is 20.0 Å². The fourth-order valence-corrected chi connectivity index (χ4v) is 6.73. The van der Waals surface area contributed by atoms with E-state index in [-0.39, 0.29) is 26.9 Å². The van der Waals surface area contributed by atoms with Crippen molar-refractivity contribution in [2.24, 2.45) is 0 Å². The molecule has 0 fully saturated rings. The number of ether oxygens (including phenoxy) is 2. The van der Waals surface area contributed by atoms with E-state index in [4.69, 9.17) is 21.1 Å². The normalized spacial score (nSPS) is 11.5. The van der Waals surface area contributed by atoms with Crippen LogP contribution < -0.4 is 23.8 Å². The van der Waals surface area contributed by atoms with Gasteiger partial charge in [-0.25, -0.2) is 21.2 Å². The summed E-state index contributed by atoms with van der Waals surface area (Å²) in [7, 11) is -5.58. The van der Waals surface area contributed by atoms with Crippen LogP contribution in [0.25, 0.3) is 0 Å². The smallest absolute Gasteiger partial charge is 0.264 e. The molecule has 1 amide bonds. The molecule has 2 N–H and O–H groups in total. The van der Waals surface area contributed by atoms with Gasteiger partial charge < -0.3 is 14.8 Å². The van der Waals surface area contributed by atoms with Crippen LogP contribution >= 0.6 is 11.6 Å². The van der Waals surface area contributed by atoms with E-state index in [0.29, 0.717) is 22.0 Å². The lowest BCUT2D eigenvalue weighted by atomic mass is 10.2. The molecule has 0 heterocycles. The Morgan fingerprint density at radius 3 is 2.12 bits per heavy atom. The van der Waals surface area contributed by atoms with Gasteiger partial charge in [-0.15, -0.1) is 0 Å². The number of amides is 1. The average molecular weight is 648 g/mol. The molecule has 0 atom stereocenters. The molecule has 43 heavy (non-hydrogen) atoms. The van der Waals surface area contributed by atoms with Crippen molar-refractivity contribution in [1.29, 1.82) is 0 Å². The lowest BCUT2D eigenvalue weighted by Crippen LogP contribution is -2.38. The van der Waals surface area contributed by atoms with Gasteiger partial charge in [0.05, 0.1) is 35.4 Å². The zero-order valence-corrected chi connectivity index (χ0v) is 25.6. The van der Waals surface area contributed by atoms with E-state index in [1.54, 1.807) is 25.1 Å². The number of sulfonamides is 2. The quantitative estimate of drug-likeness (QED) is 0.222. The standard InChI is InChI=1S/C29H27ClFN3O7S2/c1-19-25(30)5-4-6-26(19)33-42(36,37)23-13-9-21(10-14-23)32-29(35)18-34(22-11-7-20(31)8-12-22)43(38,39)24-15-16-27(40-2)28(17-24)41-3/h4-17,33H,18H2,1-3H3,(H,32,35). The number of carbonyl (C=O) groups excluding carboxylic acids is 1. The van der Waals surface area contributed by atoms with E-state index in [1.165, 1.54) is 68.8 Å². The number of hydrogen-bond acceptors (Lipinski definition) is 7. The predicted octanol–water partition coefficient (Wildman–Crippen LogP) is 5.44. The molecule has 0 unspecified atom stereocenters. The highest BCUT2D eigenvalue weighted by atomic mass is 35.5. The van der Waals surface area contributed by atoms with Crippen LogP contribution in [0.15, 0.2) is 94.7 Å². The molecule has 0 aromatic heterocycles. The monoisotopic (exact) mass is 647 g/mol. The molecule has 10 nitrogen and oxygen atoms in total. The lowest BCUT2D eigenvalue weighted by Gasteiger charge is -2.24. The SMILES string of the molecule is COc1ccc(S(=O)(=O)N(CC(=O)Nc2ccc(S(=O)(=O)Nc3cccc(Cl)c3C)cc2)c2ccc(F)cc2)cc1OC. The summed E-state index contributed by atoms with van der Waals surface area (Å²) in [6, 6.07) is 18.7. The molecule has 4 aromatic rings. The van der Waals surface area contributed by atoms with Gasteiger partial charge in [0.2, 0.25) is 5.91 Å². The second kappa shape index (κ2) is 12.9. The Labute approximate surface area is 254 Å². The fourth-order valence-electron chi connectivity index (χ4n) is 4.00. The Morgan fingerprint density at radius 1 is 0.860 bits per heavy atom. The second-order valence-electron chi connectivity index (χ2n) is 9.10. The van der Waals surface area contributed by atoms with E-state index in [9.17, 15) is 26.0 Å². The Hall–Kier alpha value is -4.33. The summed E-state index contributed by atoms with van der Waals surface area (Å²) in [5.41, 5.74) is 1.13. The van der Waals surface area contributed by atoms with Crippen LogP contribution in [-0.2, 0) is 24.8 Å². The van der Waals surface area contributed by atoms with Crippen molar-refractivity contribution in [2.75, 3.05) is 35.1 Å². The molecular weight excluding hydrogens is 621 g/mol. The third kappa shape index (κ3) is 7.19. The highest BCUT2D eigenvalue weighted by Gasteiger charge is 2.28. The van der Waals surface area contributed by atoms with E-state index < -0.39 is 38.3 Å². The number of halogens is 2. The number of methoxy groups -OCH3 is 2. The molecule has 0 spiro atoms. The number of nitrogens with one attached hydrogen (secondary N) is 2. The Balaban J connectivity index is 1.56. The summed E-state index contributed by atoms with van der Waals surface area (Å²) in [5.74, 6) is -0.874. The number of hydrogen-bond donors (Lipinski definition) is 2. The fraction of sp³-hybridized carbons (Fsp3) is 0.138. The maximum atomic E-state index is 13.7. The molecule has 0 aliphatic rings. The highest BCUT2D eigenvalue weighted by Crippen LogP contribution is 2.32. The predicted molar refractivity (Wildman–Crippen MR) is 163 cm³/mol. The highest BCUT2D eigenvalue weighted by molar-refractivity contribution is 7.93. The summed E-state index contributed by atoms with van der Waals surface area (Å²) in [6.45, 7) is 0.997. The van der Waals surface area contributed by atoms with Crippen molar-refractivity contribution < 1.29 is 35.5 Å². The molecule has 0 aliphatic carbocycles. The van der Waals surface area contributed by atoms with E-state index in [0.717, 1.165) is 16.4 Å². The zero-order chi connectivity index (χ0) is 31.4. The topological polar surface area (TPSA) is 131 Å². The van der Waals surface area contributed by atoms with Crippen LogP contribution in [0.4, 0.5) is 21.5 Å². The van der Waals surface area contributed by atoms with Crippen molar-refractivity contribution in [1.82, 2.24) is 0 Å².